The Bertz CT molecular complexity index is 1590. The second kappa shape index (κ2) is 9.50. The number of hydrogen-bond acceptors (Lipinski definition) is 7. The lowest BCUT2D eigenvalue weighted by atomic mass is 10.0. The van der Waals surface area contributed by atoms with Gasteiger partial charge >= 0.3 is 0 Å². The molecule has 4 aromatic rings. The normalized spacial score (nSPS) is 17.2. The van der Waals surface area contributed by atoms with Crippen LogP contribution in [0.4, 0.5) is 5.69 Å². The van der Waals surface area contributed by atoms with Gasteiger partial charge in [-0.3, -0.25) is 15.1 Å². The number of amides is 1. The van der Waals surface area contributed by atoms with Crippen LogP contribution >= 0.6 is 0 Å². The van der Waals surface area contributed by atoms with E-state index in [1.165, 1.54) is 6.42 Å². The van der Waals surface area contributed by atoms with Gasteiger partial charge in [-0.1, -0.05) is 17.7 Å². The van der Waals surface area contributed by atoms with Gasteiger partial charge in [-0.25, -0.2) is 4.68 Å². The number of nitrogens with two attached hydrogens (primary N) is 1. The van der Waals surface area contributed by atoms with E-state index in [9.17, 15) is 4.79 Å². The maximum absolute atomic E-state index is 12.4. The fourth-order valence-electron chi connectivity index (χ4n) is 4.97. The van der Waals surface area contributed by atoms with E-state index in [0.717, 1.165) is 64.4 Å². The molecular weight excluding hydrogens is 478 g/mol. The molecule has 4 N–H and O–H groups in total. The molecular formula is C29H31N7O2. The molecule has 9 heteroatoms. The number of hydrogen-bond donors (Lipinski definition) is 3. The molecule has 2 aromatic heterocycles. The van der Waals surface area contributed by atoms with E-state index in [2.05, 4.69) is 40.7 Å². The molecule has 2 aliphatic heterocycles. The van der Waals surface area contributed by atoms with E-state index in [1.807, 2.05) is 54.1 Å². The molecule has 2 aromatic carbocycles. The Balaban J connectivity index is 1.36. The molecule has 4 heterocycles. The van der Waals surface area contributed by atoms with Crippen LogP contribution in [-0.2, 0) is 4.79 Å². The van der Waals surface area contributed by atoms with Gasteiger partial charge in [0.2, 0.25) is 5.91 Å². The Labute approximate surface area is 221 Å². The van der Waals surface area contributed by atoms with Crippen molar-refractivity contribution in [1.29, 1.82) is 0 Å². The van der Waals surface area contributed by atoms with Crippen molar-refractivity contribution in [2.75, 3.05) is 25.0 Å². The summed E-state index contributed by atoms with van der Waals surface area (Å²) in [6.07, 6.45) is 4.73. The quantitative estimate of drug-likeness (QED) is 0.332. The van der Waals surface area contributed by atoms with Gasteiger partial charge in [-0.2, -0.15) is 10.2 Å². The number of anilines is 1. The zero-order valence-corrected chi connectivity index (χ0v) is 21.8. The average molecular weight is 510 g/mol. The molecule has 1 amide bonds. The lowest BCUT2D eigenvalue weighted by molar-refractivity contribution is -0.111. The largest absolute Gasteiger partial charge is 0.454 e. The van der Waals surface area contributed by atoms with Gasteiger partial charge in [0.1, 0.15) is 11.3 Å². The monoisotopic (exact) mass is 509 g/mol. The third-order valence-electron chi connectivity index (χ3n) is 7.23. The highest BCUT2D eigenvalue weighted by atomic mass is 16.3. The van der Waals surface area contributed by atoms with Gasteiger partial charge in [-0.05, 0) is 76.7 Å². The number of carbonyl (C=O) groups is 1. The highest BCUT2D eigenvalue weighted by Crippen LogP contribution is 2.39. The number of nitrogens with one attached hydrogen (secondary N) is 2. The molecule has 0 spiro atoms. The van der Waals surface area contributed by atoms with Crippen molar-refractivity contribution in [3.63, 3.8) is 0 Å². The van der Waals surface area contributed by atoms with Crippen molar-refractivity contribution in [2.24, 2.45) is 10.8 Å². The van der Waals surface area contributed by atoms with Crippen LogP contribution in [0.5, 0.6) is 0 Å². The molecule has 0 bridgehead atoms. The molecule has 6 rings (SSSR count). The number of aromatic nitrogens is 2. The maximum atomic E-state index is 12.4. The van der Waals surface area contributed by atoms with Crippen LogP contribution in [0.25, 0.3) is 28.1 Å². The standard InChI is InChI=1S/C29H31N7O2/c1-17-7-12-23-22(16-17)18(2)28(38-23)27-25-26(19(3)32-33-29(25)30)34-36(27)21-10-8-20(9-11-21)31-24(37)6-4-13-35-14-5-15-35/h4,6-12,16,19,32H,5,13-15H2,1-3H3,(H2,30,33)(H,31,37)/b6-4+. The Morgan fingerprint density at radius 1 is 1.21 bits per heavy atom. The third-order valence-corrected chi connectivity index (χ3v) is 7.23. The van der Waals surface area contributed by atoms with Crippen LogP contribution < -0.4 is 16.5 Å². The summed E-state index contributed by atoms with van der Waals surface area (Å²) in [4.78, 5) is 14.7. The van der Waals surface area contributed by atoms with Gasteiger partial charge in [-0.15, -0.1) is 0 Å². The highest BCUT2D eigenvalue weighted by Gasteiger charge is 2.31. The molecule has 1 saturated heterocycles. The number of nitrogens with zero attached hydrogens (tertiary/aromatic N) is 4. The van der Waals surface area contributed by atoms with E-state index in [4.69, 9.17) is 15.2 Å². The minimum absolute atomic E-state index is 0.120. The zero-order valence-electron chi connectivity index (χ0n) is 21.8. The van der Waals surface area contributed by atoms with E-state index in [0.29, 0.717) is 17.3 Å². The van der Waals surface area contributed by atoms with Gasteiger partial charge in [0.15, 0.2) is 11.6 Å². The Morgan fingerprint density at radius 2 is 2.00 bits per heavy atom. The summed E-state index contributed by atoms with van der Waals surface area (Å²) in [5, 5.41) is 13.3. The zero-order chi connectivity index (χ0) is 26.4. The van der Waals surface area contributed by atoms with Crippen molar-refractivity contribution in [3.05, 3.63) is 77.0 Å². The first-order chi connectivity index (χ1) is 18.4. The van der Waals surface area contributed by atoms with E-state index in [1.54, 1.807) is 6.08 Å². The molecule has 0 radical (unpaired) electrons. The minimum atomic E-state index is -0.148. The van der Waals surface area contributed by atoms with Crippen molar-refractivity contribution >= 4 is 28.4 Å². The maximum Gasteiger partial charge on any atom is 0.248 e. The van der Waals surface area contributed by atoms with E-state index >= 15 is 0 Å². The predicted molar refractivity (Wildman–Crippen MR) is 149 cm³/mol. The number of rotatable bonds is 6. The first-order valence-corrected chi connectivity index (χ1v) is 12.9. The Kier molecular flexibility index (Phi) is 6.00. The van der Waals surface area contributed by atoms with Crippen LogP contribution in [0.15, 0.2) is 64.1 Å². The molecule has 38 heavy (non-hydrogen) atoms. The number of fused-ring (bicyclic) bond motifs is 2. The fourth-order valence-corrected chi connectivity index (χ4v) is 4.97. The molecule has 9 nitrogen and oxygen atoms in total. The molecule has 194 valence electrons. The number of likely N-dealkylation sites (tertiary alicyclic amines) is 1. The lowest BCUT2D eigenvalue weighted by Gasteiger charge is -2.29. The van der Waals surface area contributed by atoms with Crippen molar-refractivity contribution in [2.45, 2.75) is 33.2 Å². The number of amidine groups is 1. The summed E-state index contributed by atoms with van der Waals surface area (Å²) in [7, 11) is 0. The molecule has 2 aliphatic rings. The summed E-state index contributed by atoms with van der Waals surface area (Å²) in [5.41, 5.74) is 16.3. The number of furan rings is 1. The summed E-state index contributed by atoms with van der Waals surface area (Å²) < 4.78 is 8.25. The number of carbonyl (C=O) groups excluding carboxylic acids is 1. The predicted octanol–water partition coefficient (Wildman–Crippen LogP) is 4.39. The summed E-state index contributed by atoms with van der Waals surface area (Å²) in [5.74, 6) is 0.922. The summed E-state index contributed by atoms with van der Waals surface area (Å²) in [6, 6.07) is 13.6. The van der Waals surface area contributed by atoms with Crippen LogP contribution in [0.2, 0.25) is 0 Å². The summed E-state index contributed by atoms with van der Waals surface area (Å²) in [6.45, 7) is 9.13. The van der Waals surface area contributed by atoms with Crippen LogP contribution in [0.3, 0.4) is 0 Å². The topological polar surface area (TPSA) is 114 Å². The molecule has 0 saturated carbocycles. The van der Waals surface area contributed by atoms with E-state index in [-0.39, 0.29) is 11.9 Å². The third kappa shape index (κ3) is 4.24. The molecule has 1 fully saturated rings. The number of aryl methyl sites for hydroxylation is 2. The van der Waals surface area contributed by atoms with Crippen LogP contribution in [-0.4, -0.2) is 46.1 Å². The fraction of sp³-hybridized carbons (Fsp3) is 0.276. The first kappa shape index (κ1) is 24.0. The van der Waals surface area contributed by atoms with Crippen LogP contribution in [0.1, 0.15) is 41.8 Å². The van der Waals surface area contributed by atoms with Gasteiger partial charge in [0, 0.05) is 29.3 Å². The second-order valence-electron chi connectivity index (χ2n) is 10.0. The van der Waals surface area contributed by atoms with Crippen LogP contribution in [0, 0.1) is 13.8 Å². The van der Waals surface area contributed by atoms with Crippen molar-refractivity contribution in [1.82, 2.24) is 20.1 Å². The first-order valence-electron chi connectivity index (χ1n) is 12.9. The highest BCUT2D eigenvalue weighted by molar-refractivity contribution is 6.05. The lowest BCUT2D eigenvalue weighted by Crippen LogP contribution is -2.37. The number of hydrazone groups is 1. The Hall–Kier alpha value is -4.37. The minimum Gasteiger partial charge on any atom is -0.454 e. The van der Waals surface area contributed by atoms with Gasteiger partial charge < -0.3 is 15.5 Å². The van der Waals surface area contributed by atoms with Crippen molar-refractivity contribution in [3.8, 4) is 17.1 Å². The van der Waals surface area contributed by atoms with Crippen molar-refractivity contribution < 1.29 is 9.21 Å². The van der Waals surface area contributed by atoms with Gasteiger partial charge in [0.25, 0.3) is 0 Å². The second-order valence-corrected chi connectivity index (χ2v) is 10.0. The smallest absolute Gasteiger partial charge is 0.248 e. The van der Waals surface area contributed by atoms with E-state index < -0.39 is 0 Å². The SMILES string of the molecule is Cc1ccc2oc(-c3c4c(nn3-c3ccc(NC(=O)/C=C/CN5CCC5)cc3)C(C)NN=C4N)c(C)c2c1. The number of benzene rings is 2. The Morgan fingerprint density at radius 3 is 2.74 bits per heavy atom. The summed E-state index contributed by atoms with van der Waals surface area (Å²) >= 11 is 0. The average Bonchev–Trinajstić information content (AvgIpc) is 3.42. The molecule has 0 aliphatic carbocycles. The van der Waals surface area contributed by atoms with Gasteiger partial charge in [0.05, 0.1) is 23.0 Å². The molecule has 1 atom stereocenters. The molecule has 1 unspecified atom stereocenters.